The second-order valence-electron chi connectivity index (χ2n) is 5.93. The number of carbonyl (C=O) groups excluding carboxylic acids is 2. The van der Waals surface area contributed by atoms with E-state index in [1.54, 1.807) is 23.0 Å². The number of nitrogens with one attached hydrogen (secondary N) is 2. The maximum Gasteiger partial charge on any atom is 0.252 e. The van der Waals surface area contributed by atoms with E-state index in [-0.39, 0.29) is 17.6 Å². The molecule has 9 heteroatoms. The Morgan fingerprint density at radius 2 is 1.93 bits per heavy atom. The van der Waals surface area contributed by atoms with E-state index in [9.17, 15) is 22.8 Å². The Morgan fingerprint density at radius 3 is 2.61 bits per heavy atom. The number of hydrogen-bond donors (Lipinski definition) is 3. The normalized spacial score (nSPS) is 11.4. The van der Waals surface area contributed by atoms with Crippen LogP contribution in [0.5, 0.6) is 0 Å². The van der Waals surface area contributed by atoms with Gasteiger partial charge in [-0.2, -0.15) is 0 Å². The van der Waals surface area contributed by atoms with E-state index in [1.807, 2.05) is 0 Å². The Hall–Kier alpha value is -2.65. The number of hydroxylamine groups is 1. The zero-order valence-corrected chi connectivity index (χ0v) is 15.6. The minimum atomic E-state index is -1.33. The van der Waals surface area contributed by atoms with Gasteiger partial charge in [0.1, 0.15) is 5.82 Å². The molecule has 1 aromatic carbocycles. The van der Waals surface area contributed by atoms with Gasteiger partial charge in [0.05, 0.1) is 5.57 Å². The van der Waals surface area contributed by atoms with Gasteiger partial charge in [-0.05, 0) is 36.4 Å². The first kappa shape index (κ1) is 21.6. The highest BCUT2D eigenvalue weighted by molar-refractivity contribution is 7.11. The van der Waals surface area contributed by atoms with Crippen molar-refractivity contribution in [3.8, 4) is 0 Å². The van der Waals surface area contributed by atoms with Crippen molar-refractivity contribution in [2.75, 3.05) is 6.54 Å². The summed E-state index contributed by atoms with van der Waals surface area (Å²) in [6.45, 7) is 0.308. The molecule has 2 rings (SSSR count). The number of amides is 2. The monoisotopic (exact) mass is 412 g/mol. The molecule has 0 atom stereocenters. The third kappa shape index (κ3) is 6.21. The summed E-state index contributed by atoms with van der Waals surface area (Å²) in [6, 6.07) is 4.62. The first-order valence-electron chi connectivity index (χ1n) is 8.53. The SMILES string of the molecule is O=C(CCCCCNC(=O)C(=Cc1cc(F)cc(F)c1F)c1cccs1)NO. The molecule has 0 radical (unpaired) electrons. The fourth-order valence-corrected chi connectivity index (χ4v) is 3.20. The summed E-state index contributed by atoms with van der Waals surface area (Å²) in [5.74, 6) is -4.48. The average Bonchev–Trinajstić information content (AvgIpc) is 3.20. The number of carbonyl (C=O) groups is 2. The third-order valence-electron chi connectivity index (χ3n) is 3.84. The quantitative estimate of drug-likeness (QED) is 0.192. The van der Waals surface area contributed by atoms with Crippen LogP contribution >= 0.6 is 11.3 Å². The number of thiophene rings is 1. The van der Waals surface area contributed by atoms with Gasteiger partial charge in [-0.25, -0.2) is 18.7 Å². The zero-order valence-electron chi connectivity index (χ0n) is 14.8. The van der Waals surface area contributed by atoms with Crippen LogP contribution < -0.4 is 10.8 Å². The molecule has 2 aromatic rings. The van der Waals surface area contributed by atoms with Crippen LogP contribution in [0.4, 0.5) is 13.2 Å². The fourth-order valence-electron chi connectivity index (χ4n) is 2.46. The first-order valence-corrected chi connectivity index (χ1v) is 9.41. The summed E-state index contributed by atoms with van der Waals surface area (Å²) < 4.78 is 40.8. The van der Waals surface area contributed by atoms with Gasteiger partial charge in [-0.3, -0.25) is 14.8 Å². The van der Waals surface area contributed by atoms with E-state index in [1.165, 1.54) is 11.3 Å². The number of rotatable bonds is 9. The van der Waals surface area contributed by atoms with Crippen molar-refractivity contribution in [2.45, 2.75) is 25.7 Å². The van der Waals surface area contributed by atoms with E-state index >= 15 is 0 Å². The van der Waals surface area contributed by atoms with Crippen LogP contribution in [0.15, 0.2) is 29.6 Å². The average molecular weight is 412 g/mol. The number of halogens is 3. The lowest BCUT2D eigenvalue weighted by molar-refractivity contribution is -0.129. The molecular formula is C19H19F3N2O3S. The molecule has 5 nitrogen and oxygen atoms in total. The van der Waals surface area contributed by atoms with Crippen molar-refractivity contribution < 1.29 is 28.0 Å². The highest BCUT2D eigenvalue weighted by Crippen LogP contribution is 2.25. The summed E-state index contributed by atoms with van der Waals surface area (Å²) in [4.78, 5) is 24.0. The van der Waals surface area contributed by atoms with Crippen molar-refractivity contribution in [1.29, 1.82) is 0 Å². The van der Waals surface area contributed by atoms with Crippen LogP contribution in [0.1, 0.15) is 36.1 Å². The highest BCUT2D eigenvalue weighted by Gasteiger charge is 2.16. The van der Waals surface area contributed by atoms with Gasteiger partial charge in [0.15, 0.2) is 11.6 Å². The van der Waals surface area contributed by atoms with Crippen molar-refractivity contribution in [3.63, 3.8) is 0 Å². The van der Waals surface area contributed by atoms with Gasteiger partial charge in [-0.15, -0.1) is 11.3 Å². The van der Waals surface area contributed by atoms with Crippen LogP contribution in [0, 0.1) is 17.5 Å². The second kappa shape index (κ2) is 10.6. The van der Waals surface area contributed by atoms with Crippen molar-refractivity contribution >= 4 is 34.8 Å². The minimum absolute atomic E-state index is 0.0959. The van der Waals surface area contributed by atoms with Gasteiger partial charge in [-0.1, -0.05) is 12.5 Å². The van der Waals surface area contributed by atoms with Gasteiger partial charge >= 0.3 is 0 Å². The molecule has 3 N–H and O–H groups in total. The highest BCUT2D eigenvalue weighted by atomic mass is 32.1. The summed E-state index contributed by atoms with van der Waals surface area (Å²) in [6.07, 6.45) is 3.08. The lowest BCUT2D eigenvalue weighted by atomic mass is 10.1. The Kier molecular flexibility index (Phi) is 8.21. The molecule has 0 spiro atoms. The van der Waals surface area contributed by atoms with Crippen LogP contribution in [-0.2, 0) is 9.59 Å². The maximum absolute atomic E-state index is 14.0. The predicted octanol–water partition coefficient (Wildman–Crippen LogP) is 3.89. The van der Waals surface area contributed by atoms with E-state index in [0.29, 0.717) is 36.8 Å². The molecule has 2 amide bonds. The maximum atomic E-state index is 14.0. The summed E-state index contributed by atoms with van der Waals surface area (Å²) in [5.41, 5.74) is 1.28. The topological polar surface area (TPSA) is 78.4 Å². The molecular weight excluding hydrogens is 393 g/mol. The van der Waals surface area contributed by atoms with Crippen molar-refractivity contribution in [1.82, 2.24) is 10.8 Å². The molecule has 150 valence electrons. The molecule has 28 heavy (non-hydrogen) atoms. The van der Waals surface area contributed by atoms with Crippen LogP contribution in [0.25, 0.3) is 11.6 Å². The Balaban J connectivity index is 2.06. The molecule has 1 heterocycles. The zero-order chi connectivity index (χ0) is 20.5. The van der Waals surface area contributed by atoms with E-state index in [4.69, 9.17) is 5.21 Å². The molecule has 0 saturated carbocycles. The minimum Gasteiger partial charge on any atom is -0.352 e. The fraction of sp³-hybridized carbons (Fsp3) is 0.263. The Labute approximate surface area is 163 Å². The summed E-state index contributed by atoms with van der Waals surface area (Å²) in [5, 5.41) is 12.8. The van der Waals surface area contributed by atoms with Crippen LogP contribution in [-0.4, -0.2) is 23.6 Å². The lowest BCUT2D eigenvalue weighted by Gasteiger charge is -2.09. The Morgan fingerprint density at radius 1 is 1.14 bits per heavy atom. The molecule has 0 aliphatic rings. The van der Waals surface area contributed by atoms with Gasteiger partial charge < -0.3 is 5.32 Å². The lowest BCUT2D eigenvalue weighted by Crippen LogP contribution is -2.25. The number of benzene rings is 1. The molecule has 1 aromatic heterocycles. The van der Waals surface area contributed by atoms with Crippen molar-refractivity contribution in [3.05, 3.63) is 57.5 Å². The number of hydrogen-bond acceptors (Lipinski definition) is 4. The molecule has 0 bridgehead atoms. The molecule has 0 aliphatic heterocycles. The largest absolute Gasteiger partial charge is 0.352 e. The summed E-state index contributed by atoms with van der Waals surface area (Å²) in [7, 11) is 0. The van der Waals surface area contributed by atoms with Crippen LogP contribution in [0.3, 0.4) is 0 Å². The molecule has 0 saturated heterocycles. The third-order valence-corrected chi connectivity index (χ3v) is 4.75. The van der Waals surface area contributed by atoms with E-state index < -0.39 is 29.3 Å². The van der Waals surface area contributed by atoms with Crippen molar-refractivity contribution in [2.24, 2.45) is 0 Å². The Bertz CT molecular complexity index is 854. The molecule has 0 aliphatic carbocycles. The smallest absolute Gasteiger partial charge is 0.252 e. The van der Waals surface area contributed by atoms with E-state index in [0.717, 1.165) is 12.1 Å². The van der Waals surface area contributed by atoms with Crippen LogP contribution in [0.2, 0.25) is 0 Å². The predicted molar refractivity (Wildman–Crippen MR) is 99.9 cm³/mol. The molecule has 0 fully saturated rings. The van der Waals surface area contributed by atoms with Gasteiger partial charge in [0.25, 0.3) is 5.91 Å². The summed E-state index contributed by atoms with van der Waals surface area (Å²) >= 11 is 1.24. The number of unbranched alkanes of at least 4 members (excludes halogenated alkanes) is 2. The first-order chi connectivity index (χ1) is 13.4. The molecule has 0 unspecified atom stereocenters. The second-order valence-corrected chi connectivity index (χ2v) is 6.88. The van der Waals surface area contributed by atoms with E-state index in [2.05, 4.69) is 5.32 Å². The van der Waals surface area contributed by atoms with Gasteiger partial charge in [0, 0.05) is 29.5 Å². The van der Waals surface area contributed by atoms with Gasteiger partial charge in [0.2, 0.25) is 5.91 Å². The standard InChI is InChI=1S/C19H19F3N2O3S/c20-13-9-12(18(22)15(21)11-13)10-14(16-5-4-8-28-16)19(26)23-7-3-1-2-6-17(25)24-27/h4-5,8-11,27H,1-3,6-7H2,(H,23,26)(H,24,25).